The summed E-state index contributed by atoms with van der Waals surface area (Å²) in [6.45, 7) is 9.47. The maximum Gasteiger partial charge on any atom is 0.137 e. The zero-order chi connectivity index (χ0) is 12.2. The van der Waals surface area contributed by atoms with Crippen molar-refractivity contribution < 1.29 is 4.79 Å². The summed E-state index contributed by atoms with van der Waals surface area (Å²) in [4.78, 5) is 13.8. The summed E-state index contributed by atoms with van der Waals surface area (Å²) >= 11 is 0. The number of carbonyl (C=O) groups excluding carboxylic acids is 1. The average molecular weight is 219 g/mol. The Kier molecular flexibility index (Phi) is 4.11. The molecule has 0 aliphatic carbocycles. The lowest BCUT2D eigenvalue weighted by Crippen LogP contribution is -2.38. The van der Waals surface area contributed by atoms with Crippen molar-refractivity contribution in [3.63, 3.8) is 0 Å². The van der Waals surface area contributed by atoms with Crippen LogP contribution in [0.15, 0.2) is 30.3 Å². The average Bonchev–Trinajstić information content (AvgIpc) is 2.27. The molecule has 0 fully saturated rings. The fourth-order valence-electron chi connectivity index (χ4n) is 1.61. The molecule has 2 nitrogen and oxygen atoms in total. The summed E-state index contributed by atoms with van der Waals surface area (Å²) in [5.41, 5.74) is 0.894. The molecule has 16 heavy (non-hydrogen) atoms. The number of para-hydroxylation sites is 1. The molecule has 1 aromatic rings. The molecular weight excluding hydrogens is 198 g/mol. The summed E-state index contributed by atoms with van der Waals surface area (Å²) in [5, 5.41) is 0. The lowest BCUT2D eigenvalue weighted by Gasteiger charge is -2.31. The number of nitrogens with zero attached hydrogens (tertiary/aromatic N) is 1. The molecule has 0 aromatic heterocycles. The first kappa shape index (κ1) is 12.8. The van der Waals surface area contributed by atoms with Gasteiger partial charge in [0.1, 0.15) is 5.78 Å². The molecule has 0 saturated carbocycles. The van der Waals surface area contributed by atoms with Crippen LogP contribution in [0.4, 0.5) is 5.69 Å². The Hall–Kier alpha value is -1.31. The first-order chi connectivity index (χ1) is 7.47. The van der Waals surface area contributed by atoms with Gasteiger partial charge in [-0.15, -0.1) is 0 Å². The van der Waals surface area contributed by atoms with Crippen LogP contribution in [0.25, 0.3) is 0 Å². The number of benzene rings is 1. The van der Waals surface area contributed by atoms with Crippen molar-refractivity contribution in [2.24, 2.45) is 5.41 Å². The van der Waals surface area contributed by atoms with Gasteiger partial charge in [-0.2, -0.15) is 0 Å². The zero-order valence-corrected chi connectivity index (χ0v) is 10.7. The molecule has 0 spiro atoms. The van der Waals surface area contributed by atoms with Gasteiger partial charge in [0.2, 0.25) is 0 Å². The van der Waals surface area contributed by atoms with E-state index in [0.717, 1.165) is 13.1 Å². The van der Waals surface area contributed by atoms with Gasteiger partial charge in [-0.25, -0.2) is 0 Å². The number of anilines is 1. The number of hydrogen-bond acceptors (Lipinski definition) is 2. The number of ketones is 1. The van der Waals surface area contributed by atoms with E-state index in [1.54, 1.807) is 6.92 Å². The van der Waals surface area contributed by atoms with E-state index < -0.39 is 0 Å². The third-order valence-corrected chi connectivity index (χ3v) is 3.04. The highest BCUT2D eigenvalue weighted by molar-refractivity contribution is 5.82. The van der Waals surface area contributed by atoms with Crippen molar-refractivity contribution in [2.45, 2.75) is 27.7 Å². The van der Waals surface area contributed by atoms with Crippen LogP contribution in [0.5, 0.6) is 0 Å². The third kappa shape index (κ3) is 3.09. The van der Waals surface area contributed by atoms with Gasteiger partial charge < -0.3 is 4.90 Å². The second-order valence-corrected chi connectivity index (χ2v) is 4.79. The van der Waals surface area contributed by atoms with Crippen molar-refractivity contribution >= 4 is 11.5 Å². The fourth-order valence-corrected chi connectivity index (χ4v) is 1.61. The number of carbonyl (C=O) groups is 1. The first-order valence-corrected chi connectivity index (χ1v) is 5.78. The first-order valence-electron chi connectivity index (χ1n) is 5.78. The van der Waals surface area contributed by atoms with Crippen molar-refractivity contribution in [3.05, 3.63) is 30.3 Å². The van der Waals surface area contributed by atoms with E-state index in [9.17, 15) is 4.79 Å². The lowest BCUT2D eigenvalue weighted by atomic mass is 9.88. The Morgan fingerprint density at radius 2 is 1.81 bits per heavy atom. The molecule has 0 unspecified atom stereocenters. The van der Waals surface area contributed by atoms with Gasteiger partial charge >= 0.3 is 0 Å². The molecule has 1 rings (SSSR count). The minimum atomic E-state index is -0.286. The SMILES string of the molecule is CCN(CC(C)(C)C(C)=O)c1ccccc1. The fraction of sp³-hybridized carbons (Fsp3) is 0.500. The second-order valence-electron chi connectivity index (χ2n) is 4.79. The van der Waals surface area contributed by atoms with Gasteiger partial charge in [-0.1, -0.05) is 32.0 Å². The Morgan fingerprint density at radius 3 is 2.25 bits per heavy atom. The number of hydrogen-bond donors (Lipinski definition) is 0. The van der Waals surface area contributed by atoms with Crippen LogP contribution >= 0.6 is 0 Å². The lowest BCUT2D eigenvalue weighted by molar-refractivity contribution is -0.124. The number of Topliss-reactive ketones (excluding diaryl/α,β-unsaturated/α-hetero) is 1. The topological polar surface area (TPSA) is 20.3 Å². The Labute approximate surface area is 98.3 Å². The maximum absolute atomic E-state index is 11.5. The normalized spacial score (nSPS) is 11.2. The smallest absolute Gasteiger partial charge is 0.137 e. The maximum atomic E-state index is 11.5. The van der Waals surface area contributed by atoms with Gasteiger partial charge in [0.25, 0.3) is 0 Å². The van der Waals surface area contributed by atoms with E-state index in [1.807, 2.05) is 32.0 Å². The molecule has 1 aromatic carbocycles. The van der Waals surface area contributed by atoms with E-state index in [1.165, 1.54) is 5.69 Å². The van der Waals surface area contributed by atoms with Crippen molar-refractivity contribution in [3.8, 4) is 0 Å². The van der Waals surface area contributed by atoms with Crippen LogP contribution in [0, 0.1) is 5.41 Å². The summed E-state index contributed by atoms with van der Waals surface area (Å²) in [6.07, 6.45) is 0. The molecule has 0 bridgehead atoms. The van der Waals surface area contributed by atoms with E-state index in [-0.39, 0.29) is 11.2 Å². The van der Waals surface area contributed by atoms with Gasteiger partial charge in [0.15, 0.2) is 0 Å². The Balaban J connectivity index is 2.81. The Morgan fingerprint density at radius 1 is 1.25 bits per heavy atom. The molecule has 0 amide bonds. The number of rotatable bonds is 5. The van der Waals surface area contributed by atoms with Crippen molar-refractivity contribution in [1.82, 2.24) is 0 Å². The third-order valence-electron chi connectivity index (χ3n) is 3.04. The molecule has 2 heteroatoms. The summed E-state index contributed by atoms with van der Waals surface area (Å²) in [7, 11) is 0. The van der Waals surface area contributed by atoms with E-state index in [0.29, 0.717) is 0 Å². The minimum absolute atomic E-state index is 0.238. The van der Waals surface area contributed by atoms with Gasteiger partial charge in [-0.3, -0.25) is 4.79 Å². The van der Waals surface area contributed by atoms with Gasteiger partial charge in [0, 0.05) is 24.2 Å². The largest absolute Gasteiger partial charge is 0.371 e. The van der Waals surface area contributed by atoms with Crippen LogP contribution < -0.4 is 4.90 Å². The summed E-state index contributed by atoms with van der Waals surface area (Å²) in [6, 6.07) is 10.2. The molecule has 0 saturated heterocycles. The van der Waals surface area contributed by atoms with Crippen LogP contribution in [-0.2, 0) is 4.79 Å². The van der Waals surface area contributed by atoms with Crippen molar-refractivity contribution in [2.75, 3.05) is 18.0 Å². The second kappa shape index (κ2) is 5.15. The molecular formula is C14H21NO. The van der Waals surface area contributed by atoms with Gasteiger partial charge in [-0.05, 0) is 26.0 Å². The zero-order valence-electron chi connectivity index (χ0n) is 10.7. The molecule has 0 atom stereocenters. The van der Waals surface area contributed by atoms with Gasteiger partial charge in [0.05, 0.1) is 0 Å². The monoisotopic (exact) mass is 219 g/mol. The molecule has 0 radical (unpaired) electrons. The summed E-state index contributed by atoms with van der Waals surface area (Å²) < 4.78 is 0. The van der Waals surface area contributed by atoms with E-state index in [2.05, 4.69) is 24.0 Å². The minimum Gasteiger partial charge on any atom is -0.371 e. The summed E-state index contributed by atoms with van der Waals surface area (Å²) in [5.74, 6) is 0.238. The van der Waals surface area contributed by atoms with Crippen LogP contribution in [0.2, 0.25) is 0 Å². The molecule has 0 aliphatic rings. The van der Waals surface area contributed by atoms with Crippen LogP contribution in [0.1, 0.15) is 27.7 Å². The molecule has 0 aliphatic heterocycles. The molecule has 0 N–H and O–H groups in total. The van der Waals surface area contributed by atoms with E-state index >= 15 is 0 Å². The predicted molar refractivity (Wildman–Crippen MR) is 68.8 cm³/mol. The van der Waals surface area contributed by atoms with Crippen molar-refractivity contribution in [1.29, 1.82) is 0 Å². The molecule has 0 heterocycles. The predicted octanol–water partition coefficient (Wildman–Crippen LogP) is 3.13. The van der Waals surface area contributed by atoms with E-state index in [4.69, 9.17) is 0 Å². The highest BCUT2D eigenvalue weighted by Crippen LogP contribution is 2.22. The standard InChI is InChI=1S/C14H21NO/c1-5-15(11-14(3,4)12(2)16)13-9-7-6-8-10-13/h6-10H,5,11H2,1-4H3. The quantitative estimate of drug-likeness (QED) is 0.758. The van der Waals surface area contributed by atoms with Crippen LogP contribution in [-0.4, -0.2) is 18.9 Å². The highest BCUT2D eigenvalue weighted by Gasteiger charge is 2.26. The Bertz CT molecular complexity index is 343. The molecule has 88 valence electrons. The highest BCUT2D eigenvalue weighted by atomic mass is 16.1. The van der Waals surface area contributed by atoms with Crippen LogP contribution in [0.3, 0.4) is 0 Å².